The molecule has 7 nitrogen and oxygen atoms in total. The summed E-state index contributed by atoms with van der Waals surface area (Å²) in [4.78, 5) is 20.2. The summed E-state index contributed by atoms with van der Waals surface area (Å²) in [6.45, 7) is 1.96. The van der Waals surface area contributed by atoms with Crippen LogP contribution in [0.4, 0.5) is 10.5 Å². The van der Waals surface area contributed by atoms with Crippen LogP contribution in [-0.2, 0) is 0 Å². The zero-order valence-electron chi connectivity index (χ0n) is 14.6. The van der Waals surface area contributed by atoms with Crippen LogP contribution in [0.5, 0.6) is 5.88 Å². The van der Waals surface area contributed by atoms with Gasteiger partial charge in [-0.2, -0.15) is 5.26 Å². The first-order valence-corrected chi connectivity index (χ1v) is 8.66. The molecule has 0 saturated heterocycles. The average molecular weight is 351 g/mol. The molecule has 0 bridgehead atoms. The van der Waals surface area contributed by atoms with Crippen LogP contribution < -0.4 is 15.4 Å². The standard InChI is InChI=1S/C19H21N5O2/c1-13-4-2-3-5-16(13)24-19(25)23-14-6-8-15(9-7-14)26-18-17(12-20)21-10-11-22-18/h2-5,10-11,14-15H,6-9H2,1H3,(H2,23,24,25). The van der Waals surface area contributed by atoms with Gasteiger partial charge in [-0.25, -0.2) is 14.8 Å². The molecule has 0 radical (unpaired) electrons. The summed E-state index contributed by atoms with van der Waals surface area (Å²) in [6.07, 6.45) is 6.17. The number of aromatic nitrogens is 2. The topological polar surface area (TPSA) is 99.9 Å². The predicted octanol–water partition coefficient (Wildman–Crippen LogP) is 3.17. The number of urea groups is 1. The fraction of sp³-hybridized carbons (Fsp3) is 0.368. The lowest BCUT2D eigenvalue weighted by Gasteiger charge is -2.29. The van der Waals surface area contributed by atoms with E-state index < -0.39 is 0 Å². The van der Waals surface area contributed by atoms with E-state index in [-0.39, 0.29) is 29.8 Å². The smallest absolute Gasteiger partial charge is 0.319 e. The van der Waals surface area contributed by atoms with Gasteiger partial charge in [0, 0.05) is 24.1 Å². The Bertz CT molecular complexity index is 810. The van der Waals surface area contributed by atoms with E-state index in [9.17, 15) is 4.79 Å². The van der Waals surface area contributed by atoms with Crippen LogP contribution >= 0.6 is 0 Å². The summed E-state index contributed by atoms with van der Waals surface area (Å²) < 4.78 is 5.82. The largest absolute Gasteiger partial charge is 0.472 e. The number of nitrogens with zero attached hydrogens (tertiary/aromatic N) is 3. The fourth-order valence-electron chi connectivity index (χ4n) is 3.03. The molecule has 1 aromatic carbocycles. The van der Waals surface area contributed by atoms with E-state index in [2.05, 4.69) is 20.6 Å². The number of hydrogen-bond acceptors (Lipinski definition) is 5. The van der Waals surface area contributed by atoms with Crippen molar-refractivity contribution in [1.29, 1.82) is 5.26 Å². The lowest BCUT2D eigenvalue weighted by Crippen LogP contribution is -2.41. The summed E-state index contributed by atoms with van der Waals surface area (Å²) in [5, 5.41) is 14.9. The molecule has 26 heavy (non-hydrogen) atoms. The van der Waals surface area contributed by atoms with E-state index in [1.807, 2.05) is 37.3 Å². The second kappa shape index (κ2) is 8.30. The van der Waals surface area contributed by atoms with Crippen LogP contribution in [-0.4, -0.2) is 28.1 Å². The number of nitrogens with one attached hydrogen (secondary N) is 2. The third kappa shape index (κ3) is 4.48. The second-order valence-corrected chi connectivity index (χ2v) is 6.33. The van der Waals surface area contributed by atoms with E-state index in [0.717, 1.165) is 36.9 Å². The molecule has 1 aromatic heterocycles. The predicted molar refractivity (Wildman–Crippen MR) is 96.8 cm³/mol. The van der Waals surface area contributed by atoms with Gasteiger partial charge in [0.05, 0.1) is 0 Å². The Hall–Kier alpha value is -3.14. The number of ether oxygens (including phenoxy) is 1. The van der Waals surface area contributed by atoms with E-state index >= 15 is 0 Å². The number of para-hydroxylation sites is 1. The van der Waals surface area contributed by atoms with Crippen LogP contribution in [0.15, 0.2) is 36.7 Å². The Balaban J connectivity index is 1.47. The van der Waals surface area contributed by atoms with Gasteiger partial charge in [-0.1, -0.05) is 18.2 Å². The van der Waals surface area contributed by atoms with Crippen molar-refractivity contribution in [2.75, 3.05) is 5.32 Å². The maximum absolute atomic E-state index is 12.2. The van der Waals surface area contributed by atoms with Crippen molar-refractivity contribution in [3.8, 4) is 11.9 Å². The summed E-state index contributed by atoms with van der Waals surface area (Å²) >= 11 is 0. The second-order valence-electron chi connectivity index (χ2n) is 6.33. The van der Waals surface area contributed by atoms with Gasteiger partial charge in [-0.15, -0.1) is 0 Å². The molecule has 1 aliphatic carbocycles. The molecular formula is C19H21N5O2. The van der Waals surface area contributed by atoms with Crippen molar-refractivity contribution < 1.29 is 9.53 Å². The highest BCUT2D eigenvalue weighted by Crippen LogP contribution is 2.24. The molecule has 0 unspecified atom stereocenters. The van der Waals surface area contributed by atoms with Crippen molar-refractivity contribution >= 4 is 11.7 Å². The molecule has 2 N–H and O–H groups in total. The molecule has 2 aromatic rings. The fourth-order valence-corrected chi connectivity index (χ4v) is 3.03. The van der Waals surface area contributed by atoms with Crippen molar-refractivity contribution in [3.05, 3.63) is 47.9 Å². The molecule has 7 heteroatoms. The molecule has 1 saturated carbocycles. The monoisotopic (exact) mass is 351 g/mol. The minimum atomic E-state index is -0.190. The van der Waals surface area contributed by atoms with E-state index in [1.165, 1.54) is 12.4 Å². The van der Waals surface area contributed by atoms with Crippen molar-refractivity contribution in [2.45, 2.75) is 44.8 Å². The summed E-state index contributed by atoms with van der Waals surface area (Å²) in [5.41, 5.74) is 2.04. The highest BCUT2D eigenvalue weighted by Gasteiger charge is 2.25. The maximum Gasteiger partial charge on any atom is 0.319 e. The Morgan fingerprint density at radius 1 is 1.19 bits per heavy atom. The summed E-state index contributed by atoms with van der Waals surface area (Å²) in [5.74, 6) is 0.281. The SMILES string of the molecule is Cc1ccccc1NC(=O)NC1CCC(Oc2nccnc2C#N)CC1. The molecule has 1 heterocycles. The molecule has 0 aliphatic heterocycles. The summed E-state index contributed by atoms with van der Waals surface area (Å²) in [7, 11) is 0. The zero-order valence-corrected chi connectivity index (χ0v) is 14.6. The van der Waals surface area contributed by atoms with Gasteiger partial charge >= 0.3 is 6.03 Å². The number of anilines is 1. The number of nitriles is 1. The maximum atomic E-state index is 12.2. The summed E-state index contributed by atoms with van der Waals surface area (Å²) in [6, 6.07) is 9.58. The normalized spacial score (nSPS) is 19.2. The number of aryl methyl sites for hydroxylation is 1. The van der Waals surface area contributed by atoms with Gasteiger partial charge in [0.1, 0.15) is 12.2 Å². The van der Waals surface area contributed by atoms with Gasteiger partial charge in [0.25, 0.3) is 5.88 Å². The third-order valence-electron chi connectivity index (χ3n) is 4.45. The Kier molecular flexibility index (Phi) is 5.64. The number of carbonyl (C=O) groups is 1. The van der Waals surface area contributed by atoms with Gasteiger partial charge < -0.3 is 15.4 Å². The first-order valence-electron chi connectivity index (χ1n) is 8.66. The number of benzene rings is 1. The van der Waals surface area contributed by atoms with E-state index in [4.69, 9.17) is 10.00 Å². The van der Waals surface area contributed by atoms with Crippen molar-refractivity contribution in [2.24, 2.45) is 0 Å². The van der Waals surface area contributed by atoms with E-state index in [1.54, 1.807) is 0 Å². The van der Waals surface area contributed by atoms with Gasteiger partial charge in [-0.3, -0.25) is 0 Å². The highest BCUT2D eigenvalue weighted by atomic mass is 16.5. The van der Waals surface area contributed by atoms with Gasteiger partial charge in [-0.05, 0) is 44.2 Å². The highest BCUT2D eigenvalue weighted by molar-refractivity contribution is 5.90. The molecule has 0 atom stereocenters. The Labute approximate surface area is 152 Å². The van der Waals surface area contributed by atoms with Crippen LogP contribution in [0.2, 0.25) is 0 Å². The molecule has 1 aliphatic rings. The molecule has 134 valence electrons. The number of hydrogen-bond donors (Lipinski definition) is 2. The lowest BCUT2D eigenvalue weighted by atomic mass is 9.93. The lowest BCUT2D eigenvalue weighted by molar-refractivity contribution is 0.134. The van der Waals surface area contributed by atoms with Gasteiger partial charge in [0.15, 0.2) is 0 Å². The van der Waals surface area contributed by atoms with E-state index in [0.29, 0.717) is 0 Å². The number of amides is 2. The zero-order chi connectivity index (χ0) is 18.4. The first kappa shape index (κ1) is 17.7. The molecule has 1 fully saturated rings. The van der Waals surface area contributed by atoms with Crippen LogP contribution in [0, 0.1) is 18.3 Å². The van der Waals surface area contributed by atoms with Crippen molar-refractivity contribution in [3.63, 3.8) is 0 Å². The Morgan fingerprint density at radius 2 is 1.92 bits per heavy atom. The Morgan fingerprint density at radius 3 is 2.65 bits per heavy atom. The molecule has 0 spiro atoms. The van der Waals surface area contributed by atoms with Crippen LogP contribution in [0.3, 0.4) is 0 Å². The number of rotatable bonds is 4. The van der Waals surface area contributed by atoms with Crippen molar-refractivity contribution in [1.82, 2.24) is 15.3 Å². The van der Waals surface area contributed by atoms with Gasteiger partial charge in [0.2, 0.25) is 5.69 Å². The average Bonchev–Trinajstić information content (AvgIpc) is 2.66. The molecule has 2 amide bonds. The third-order valence-corrected chi connectivity index (χ3v) is 4.45. The molecular weight excluding hydrogens is 330 g/mol. The van der Waals surface area contributed by atoms with Crippen LogP contribution in [0.25, 0.3) is 0 Å². The minimum Gasteiger partial charge on any atom is -0.472 e. The van der Waals surface area contributed by atoms with Crippen LogP contribution in [0.1, 0.15) is 36.9 Å². The quantitative estimate of drug-likeness (QED) is 0.881. The molecule has 3 rings (SSSR count). The first-order chi connectivity index (χ1) is 12.7. The number of carbonyl (C=O) groups excluding carboxylic acids is 1. The minimum absolute atomic E-state index is 0.0173.